The zero-order chi connectivity index (χ0) is 28.3. The highest BCUT2D eigenvalue weighted by molar-refractivity contribution is 6.74. The van der Waals surface area contributed by atoms with E-state index in [1.807, 2.05) is 6.92 Å². The van der Waals surface area contributed by atoms with Gasteiger partial charge in [-0.05, 0) is 44.0 Å². The molecule has 0 atom stereocenters. The number of alkyl halides is 3. The van der Waals surface area contributed by atoms with Crippen molar-refractivity contribution in [1.29, 1.82) is 0 Å². The molecule has 0 spiro atoms. The van der Waals surface area contributed by atoms with Gasteiger partial charge < -0.3 is 18.8 Å². The summed E-state index contributed by atoms with van der Waals surface area (Å²) in [6.45, 7) is 12.5. The Labute approximate surface area is 226 Å². The molecule has 2 aromatic heterocycles. The zero-order valence-electron chi connectivity index (χ0n) is 22.5. The van der Waals surface area contributed by atoms with Crippen LogP contribution in [-0.2, 0) is 21.9 Å². The molecule has 208 valence electrons. The number of nitrogens with zero attached hydrogens (tertiary/aromatic N) is 3. The summed E-state index contributed by atoms with van der Waals surface area (Å²) < 4.78 is 61.8. The third-order valence-corrected chi connectivity index (χ3v) is 12.6. The summed E-state index contributed by atoms with van der Waals surface area (Å²) in [4.78, 5) is 0. The van der Waals surface area contributed by atoms with Crippen molar-refractivity contribution in [3.8, 4) is 28.3 Å². The second-order valence-corrected chi connectivity index (χ2v) is 16.7. The van der Waals surface area contributed by atoms with Crippen LogP contribution in [0.3, 0.4) is 0 Å². The number of rotatable bonds is 7. The smallest absolute Gasteiger partial charge is 0.433 e. The molecule has 1 fully saturated rings. The van der Waals surface area contributed by atoms with Gasteiger partial charge in [0.2, 0.25) is 0 Å². The average molecular weight is 572 g/mol. The van der Waals surface area contributed by atoms with E-state index in [2.05, 4.69) is 44.1 Å². The highest BCUT2D eigenvalue weighted by Gasteiger charge is 2.52. The number of phenols is 1. The molecule has 38 heavy (non-hydrogen) atoms. The van der Waals surface area contributed by atoms with Crippen LogP contribution < -0.4 is 0 Å². The molecular weight excluding hydrogens is 539 g/mol. The molecule has 7 nitrogen and oxygen atoms in total. The van der Waals surface area contributed by atoms with Crippen LogP contribution in [0, 0.1) is 0 Å². The summed E-state index contributed by atoms with van der Waals surface area (Å²) >= 11 is 6.25. The second-order valence-electron chi connectivity index (χ2n) is 11.6. The van der Waals surface area contributed by atoms with Gasteiger partial charge in [-0.25, -0.2) is 0 Å². The van der Waals surface area contributed by atoms with Crippen LogP contribution in [0.1, 0.15) is 57.8 Å². The molecule has 0 saturated heterocycles. The number of methoxy groups -OCH3 is 1. The molecule has 0 bridgehead atoms. The minimum absolute atomic E-state index is 0.00641. The number of benzene rings is 1. The van der Waals surface area contributed by atoms with E-state index in [1.165, 1.54) is 13.2 Å². The Morgan fingerprint density at radius 1 is 1.21 bits per heavy atom. The predicted octanol–water partition coefficient (Wildman–Crippen LogP) is 7.84. The molecule has 0 amide bonds. The van der Waals surface area contributed by atoms with E-state index in [0.29, 0.717) is 18.4 Å². The van der Waals surface area contributed by atoms with Gasteiger partial charge in [-0.3, -0.25) is 4.68 Å². The highest BCUT2D eigenvalue weighted by Crippen LogP contribution is 2.51. The number of aromatic nitrogens is 3. The first-order valence-electron chi connectivity index (χ1n) is 12.3. The van der Waals surface area contributed by atoms with E-state index in [-0.39, 0.29) is 45.0 Å². The van der Waals surface area contributed by atoms with E-state index in [9.17, 15) is 18.3 Å². The quantitative estimate of drug-likeness (QED) is 0.291. The van der Waals surface area contributed by atoms with E-state index in [4.69, 9.17) is 25.3 Å². The van der Waals surface area contributed by atoms with Crippen LogP contribution in [0.2, 0.25) is 23.2 Å². The largest absolute Gasteiger partial charge is 0.506 e. The molecule has 0 aliphatic heterocycles. The standard InChI is InChI=1S/C26H33ClF3N3O4Si/c1-24(2,3)38(6,7)37-25(4)11-15(12-25)33-23(26(28,29)30)17(13-31-33)22-18(14-35-5)21(32-36-22)16-9-8-10-19(34)20(16)27/h8-10,13,15,34H,11-12,14H2,1-7H3/t15-,25+. The lowest BCUT2D eigenvalue weighted by atomic mass is 9.77. The minimum Gasteiger partial charge on any atom is -0.506 e. The summed E-state index contributed by atoms with van der Waals surface area (Å²) in [5, 5.41) is 18.2. The fourth-order valence-electron chi connectivity index (χ4n) is 4.76. The molecule has 1 saturated carbocycles. The number of phenolic OH excluding ortho intramolecular Hbond substituents is 1. The fraction of sp³-hybridized carbons (Fsp3) is 0.538. The van der Waals surface area contributed by atoms with Crippen molar-refractivity contribution in [2.75, 3.05) is 7.11 Å². The van der Waals surface area contributed by atoms with Gasteiger partial charge in [0, 0.05) is 12.7 Å². The van der Waals surface area contributed by atoms with Crippen molar-refractivity contribution in [2.24, 2.45) is 0 Å². The molecule has 0 radical (unpaired) electrons. The van der Waals surface area contributed by atoms with E-state index in [1.54, 1.807) is 12.1 Å². The SMILES string of the molecule is COCc1c(-c2cccc(O)c2Cl)noc1-c1cnn([C@H]2C[C@@](C)(O[Si](C)(C)C(C)(C)C)C2)c1C(F)(F)F. The summed E-state index contributed by atoms with van der Waals surface area (Å²) in [6.07, 6.45) is -2.73. The first-order valence-corrected chi connectivity index (χ1v) is 15.6. The van der Waals surface area contributed by atoms with E-state index in [0.717, 1.165) is 10.9 Å². The Morgan fingerprint density at radius 2 is 1.87 bits per heavy atom. The molecule has 1 aliphatic rings. The van der Waals surface area contributed by atoms with Crippen molar-refractivity contribution in [2.45, 2.75) is 83.1 Å². The molecule has 2 heterocycles. The Morgan fingerprint density at radius 3 is 2.45 bits per heavy atom. The Hall–Kier alpha value is -2.34. The maximum absolute atomic E-state index is 14.5. The highest BCUT2D eigenvalue weighted by atomic mass is 35.5. The Kier molecular flexibility index (Phi) is 7.31. The zero-order valence-corrected chi connectivity index (χ0v) is 24.3. The summed E-state index contributed by atoms with van der Waals surface area (Å²) in [6, 6.07) is 4.06. The van der Waals surface area contributed by atoms with Gasteiger partial charge in [0.1, 0.15) is 11.4 Å². The van der Waals surface area contributed by atoms with E-state index >= 15 is 0 Å². The second kappa shape index (κ2) is 9.69. The molecule has 1 N–H and O–H groups in total. The molecule has 3 aromatic rings. The third-order valence-electron chi connectivity index (χ3n) is 7.61. The average Bonchev–Trinajstić information content (AvgIpc) is 3.37. The van der Waals surface area contributed by atoms with Crippen LogP contribution >= 0.6 is 11.6 Å². The van der Waals surface area contributed by atoms with Crippen molar-refractivity contribution >= 4 is 19.9 Å². The lowest BCUT2D eigenvalue weighted by Crippen LogP contribution is -2.54. The van der Waals surface area contributed by atoms with Crippen molar-refractivity contribution in [3.63, 3.8) is 0 Å². The Bertz CT molecular complexity index is 1320. The predicted molar refractivity (Wildman–Crippen MR) is 141 cm³/mol. The van der Waals surface area contributed by atoms with Gasteiger partial charge in [-0.15, -0.1) is 0 Å². The lowest BCUT2D eigenvalue weighted by Gasteiger charge is -2.52. The molecule has 1 aromatic carbocycles. The van der Waals surface area contributed by atoms with Crippen LogP contribution in [0.5, 0.6) is 5.75 Å². The monoisotopic (exact) mass is 571 g/mol. The molecule has 0 unspecified atom stereocenters. The normalized spacial score (nSPS) is 20.6. The number of aromatic hydroxyl groups is 1. The van der Waals surface area contributed by atoms with Crippen molar-refractivity contribution < 1.29 is 32.0 Å². The number of hydrogen-bond acceptors (Lipinski definition) is 6. The third kappa shape index (κ3) is 5.13. The maximum Gasteiger partial charge on any atom is 0.433 e. The van der Waals surface area contributed by atoms with E-state index < -0.39 is 31.8 Å². The lowest BCUT2D eigenvalue weighted by molar-refractivity contribution is -0.148. The summed E-state index contributed by atoms with van der Waals surface area (Å²) in [5.74, 6) is -0.298. The van der Waals surface area contributed by atoms with Gasteiger partial charge in [0.05, 0.1) is 40.6 Å². The fourth-order valence-corrected chi connectivity index (χ4v) is 6.68. The first kappa shape index (κ1) is 28.7. The minimum atomic E-state index is -4.71. The van der Waals surface area contributed by atoms with Crippen molar-refractivity contribution in [3.05, 3.63) is 40.7 Å². The van der Waals surface area contributed by atoms with Crippen molar-refractivity contribution in [1.82, 2.24) is 14.9 Å². The topological polar surface area (TPSA) is 82.5 Å². The summed E-state index contributed by atoms with van der Waals surface area (Å²) in [5.41, 5.74) is -0.910. The van der Waals surface area contributed by atoms with Gasteiger partial charge in [-0.1, -0.05) is 49.7 Å². The molecule has 12 heteroatoms. The first-order chi connectivity index (χ1) is 17.5. The van der Waals surface area contributed by atoms with Gasteiger partial charge >= 0.3 is 6.18 Å². The van der Waals surface area contributed by atoms with Gasteiger partial charge in [-0.2, -0.15) is 18.3 Å². The number of halogens is 4. The van der Waals surface area contributed by atoms with Crippen LogP contribution in [0.4, 0.5) is 13.2 Å². The van der Waals surface area contributed by atoms with Crippen LogP contribution in [0.25, 0.3) is 22.6 Å². The number of ether oxygens (including phenoxy) is 1. The van der Waals surface area contributed by atoms with Crippen LogP contribution in [0.15, 0.2) is 28.9 Å². The summed E-state index contributed by atoms with van der Waals surface area (Å²) in [7, 11) is -0.698. The molecule has 1 aliphatic carbocycles. The molecular formula is C26H33ClF3N3O4Si. The van der Waals surface area contributed by atoms with Crippen LogP contribution in [-0.4, -0.2) is 41.1 Å². The van der Waals surface area contributed by atoms with Gasteiger partial charge in [0.25, 0.3) is 0 Å². The maximum atomic E-state index is 14.5. The Balaban J connectivity index is 1.73. The molecule has 4 rings (SSSR count). The van der Waals surface area contributed by atoms with Gasteiger partial charge in [0.15, 0.2) is 19.8 Å². The number of hydrogen-bond donors (Lipinski definition) is 1.